The Morgan fingerprint density at radius 2 is 1.68 bits per heavy atom. The van der Waals surface area contributed by atoms with E-state index in [0.29, 0.717) is 23.8 Å². The Hall–Kier alpha value is -5.91. The summed E-state index contributed by atoms with van der Waals surface area (Å²) in [6.07, 6.45) is 1.41. The summed E-state index contributed by atoms with van der Waals surface area (Å²) in [6, 6.07) is 25.7. The highest BCUT2D eigenvalue weighted by molar-refractivity contribution is 6.01. The van der Waals surface area contributed by atoms with Gasteiger partial charge >= 0.3 is 0 Å². The van der Waals surface area contributed by atoms with Crippen LogP contribution in [0.15, 0.2) is 103 Å². The summed E-state index contributed by atoms with van der Waals surface area (Å²) in [4.78, 5) is 56.8. The van der Waals surface area contributed by atoms with E-state index in [4.69, 9.17) is 14.2 Å². The Morgan fingerprint density at radius 3 is 2.45 bits per heavy atom. The minimum atomic E-state index is -1.31. The predicted octanol–water partition coefficient (Wildman–Crippen LogP) is 5.44. The summed E-state index contributed by atoms with van der Waals surface area (Å²) in [7, 11) is 0. The maximum atomic E-state index is 14.0. The van der Waals surface area contributed by atoms with Crippen molar-refractivity contribution in [3.63, 3.8) is 0 Å². The van der Waals surface area contributed by atoms with Crippen LogP contribution in [0.4, 0.5) is 4.39 Å². The summed E-state index contributed by atoms with van der Waals surface area (Å²) in [5.41, 5.74) is 1.04. The van der Waals surface area contributed by atoms with Gasteiger partial charge in [-0.3, -0.25) is 19.2 Å². The van der Waals surface area contributed by atoms with Gasteiger partial charge in [0.1, 0.15) is 42.6 Å². The van der Waals surface area contributed by atoms with Gasteiger partial charge in [0.25, 0.3) is 5.91 Å². The number of halogens is 1. The van der Waals surface area contributed by atoms with E-state index in [9.17, 15) is 23.6 Å². The highest BCUT2D eigenvalue weighted by Gasteiger charge is 2.31. The number of rotatable bonds is 12. The first kappa shape index (κ1) is 38.3. The van der Waals surface area contributed by atoms with Gasteiger partial charge in [0.05, 0.1) is 24.6 Å². The second kappa shape index (κ2) is 19.1. The lowest BCUT2D eigenvalue weighted by molar-refractivity contribution is -0.137. The number of fused-ring (bicyclic) bond motifs is 1. The zero-order valence-corrected chi connectivity index (χ0v) is 29.9. The van der Waals surface area contributed by atoms with Gasteiger partial charge in [0.2, 0.25) is 17.7 Å². The molecule has 12 heteroatoms. The average molecular weight is 725 g/mol. The lowest BCUT2D eigenvalue weighted by Gasteiger charge is -2.29. The van der Waals surface area contributed by atoms with Crippen LogP contribution in [0.5, 0.6) is 23.0 Å². The number of nitrogens with one attached hydrogen (secondary N) is 3. The minimum absolute atomic E-state index is 0.0000463. The van der Waals surface area contributed by atoms with Crippen LogP contribution in [0.1, 0.15) is 49.0 Å². The lowest BCUT2D eigenvalue weighted by atomic mass is 10.0. The predicted molar refractivity (Wildman–Crippen MR) is 197 cm³/mol. The van der Waals surface area contributed by atoms with Crippen LogP contribution < -0.4 is 30.2 Å². The molecule has 0 aliphatic carbocycles. The molecule has 0 aromatic heterocycles. The molecule has 1 aliphatic rings. The Bertz CT molecular complexity index is 1860. The van der Waals surface area contributed by atoms with Crippen LogP contribution in [0.2, 0.25) is 0 Å². The molecule has 4 amide bonds. The largest absolute Gasteiger partial charge is 0.491 e. The number of amides is 4. The molecule has 278 valence electrons. The molecule has 0 saturated heterocycles. The third kappa shape index (κ3) is 11.3. The maximum absolute atomic E-state index is 14.0. The number of nitrogens with zero attached hydrogens (tertiary/aromatic N) is 1. The molecule has 4 aromatic rings. The van der Waals surface area contributed by atoms with Gasteiger partial charge in [0.15, 0.2) is 11.5 Å². The van der Waals surface area contributed by atoms with Crippen molar-refractivity contribution in [3.8, 4) is 23.0 Å². The Morgan fingerprint density at radius 1 is 0.943 bits per heavy atom. The van der Waals surface area contributed by atoms with Crippen molar-refractivity contribution in [1.29, 1.82) is 0 Å². The summed E-state index contributed by atoms with van der Waals surface area (Å²) >= 11 is 0. The quantitative estimate of drug-likeness (QED) is 0.177. The van der Waals surface area contributed by atoms with Crippen LogP contribution in [0.25, 0.3) is 0 Å². The van der Waals surface area contributed by atoms with Crippen molar-refractivity contribution in [2.45, 2.75) is 57.7 Å². The number of hydrogen-bond acceptors (Lipinski definition) is 7. The molecule has 1 aliphatic heterocycles. The van der Waals surface area contributed by atoms with Gasteiger partial charge in [-0.05, 0) is 55.3 Å². The number of carbonyl (C=O) groups is 4. The van der Waals surface area contributed by atoms with Crippen molar-refractivity contribution in [1.82, 2.24) is 20.9 Å². The highest BCUT2D eigenvalue weighted by atomic mass is 19.1. The molecule has 0 unspecified atom stereocenters. The Labute approximate surface area is 308 Å². The van der Waals surface area contributed by atoms with Crippen molar-refractivity contribution < 1.29 is 37.8 Å². The standard InChI is InChI=1S/C41H45FN4O7/c1-3-4-21-46-22-23-51-35-18-9-8-17-32(35)39(48)45-33(26-38(47)44-34(41(46)50)24-29-13-6-5-7-14-29)40(49)43-28(2)27-52-36-19-10-11-20-37(36)53-31-16-12-15-30(42)25-31/h5-20,25,28,33-34H,3-4,21-24,26-27H2,1-2H3,(H,43,49)(H,44,47)(H,45,48)/t28-,33+,34+/m1/s1. The van der Waals surface area contributed by atoms with Crippen LogP contribution in [0, 0.1) is 5.82 Å². The van der Waals surface area contributed by atoms with Gasteiger partial charge < -0.3 is 35.1 Å². The summed E-state index contributed by atoms with van der Waals surface area (Å²) < 4.78 is 31.6. The Kier molecular flexibility index (Phi) is 13.8. The van der Waals surface area contributed by atoms with E-state index in [1.165, 1.54) is 18.2 Å². The first-order valence-electron chi connectivity index (χ1n) is 17.8. The van der Waals surface area contributed by atoms with Gasteiger partial charge in [-0.15, -0.1) is 0 Å². The molecule has 1 heterocycles. The van der Waals surface area contributed by atoms with Crippen LogP contribution in [0.3, 0.4) is 0 Å². The van der Waals surface area contributed by atoms with Gasteiger partial charge in [-0.2, -0.15) is 0 Å². The summed E-state index contributed by atoms with van der Waals surface area (Å²) in [6.45, 7) is 4.58. The number of ether oxygens (including phenoxy) is 3. The molecule has 4 aromatic carbocycles. The van der Waals surface area contributed by atoms with Crippen molar-refractivity contribution in [3.05, 3.63) is 120 Å². The molecule has 3 N–H and O–H groups in total. The van der Waals surface area contributed by atoms with E-state index >= 15 is 0 Å². The topological polar surface area (TPSA) is 135 Å². The second-order valence-electron chi connectivity index (χ2n) is 12.8. The molecule has 11 nitrogen and oxygen atoms in total. The molecule has 0 saturated carbocycles. The fourth-order valence-electron chi connectivity index (χ4n) is 5.79. The van der Waals surface area contributed by atoms with Crippen molar-refractivity contribution >= 4 is 23.6 Å². The van der Waals surface area contributed by atoms with E-state index in [1.54, 1.807) is 66.4 Å². The fraction of sp³-hybridized carbons (Fsp3) is 0.317. The highest BCUT2D eigenvalue weighted by Crippen LogP contribution is 2.31. The third-order valence-electron chi connectivity index (χ3n) is 8.52. The minimum Gasteiger partial charge on any atom is -0.491 e. The van der Waals surface area contributed by atoms with Crippen LogP contribution in [-0.4, -0.2) is 73.0 Å². The molecule has 0 bridgehead atoms. The number of para-hydroxylation sites is 3. The summed E-state index contributed by atoms with van der Waals surface area (Å²) in [5.74, 6) is -1.23. The van der Waals surface area contributed by atoms with E-state index in [2.05, 4.69) is 16.0 Å². The first-order chi connectivity index (χ1) is 25.7. The Balaban J connectivity index is 1.34. The average Bonchev–Trinajstić information content (AvgIpc) is 3.15. The fourth-order valence-corrected chi connectivity index (χ4v) is 5.79. The molecule has 0 fully saturated rings. The summed E-state index contributed by atoms with van der Waals surface area (Å²) in [5, 5.41) is 8.40. The van der Waals surface area contributed by atoms with E-state index in [1.807, 2.05) is 37.3 Å². The number of unbranched alkanes of at least 4 members (excludes halogenated alkanes) is 1. The molecule has 5 rings (SSSR count). The molecule has 3 atom stereocenters. The smallest absolute Gasteiger partial charge is 0.255 e. The third-order valence-corrected chi connectivity index (χ3v) is 8.52. The molecular weight excluding hydrogens is 679 g/mol. The van der Waals surface area contributed by atoms with Crippen molar-refractivity contribution in [2.75, 3.05) is 26.3 Å². The van der Waals surface area contributed by atoms with E-state index < -0.39 is 48.1 Å². The van der Waals surface area contributed by atoms with Gasteiger partial charge in [-0.1, -0.05) is 74.0 Å². The SMILES string of the molecule is CCCCN1CCOc2ccccc2C(=O)N[C@H](C(=O)N[C@H](C)COc2ccccc2Oc2cccc(F)c2)CC(=O)N[C@@H](Cc2ccccc2)C1=O. The molecule has 0 radical (unpaired) electrons. The number of carbonyl (C=O) groups excluding carboxylic acids is 4. The van der Waals surface area contributed by atoms with Crippen molar-refractivity contribution in [2.24, 2.45) is 0 Å². The maximum Gasteiger partial charge on any atom is 0.255 e. The zero-order chi connectivity index (χ0) is 37.6. The van der Waals surface area contributed by atoms with E-state index in [0.717, 1.165) is 18.4 Å². The number of hydrogen-bond donors (Lipinski definition) is 3. The first-order valence-corrected chi connectivity index (χ1v) is 17.8. The monoisotopic (exact) mass is 724 g/mol. The van der Waals surface area contributed by atoms with Crippen LogP contribution in [-0.2, 0) is 20.8 Å². The molecule has 0 spiro atoms. The van der Waals surface area contributed by atoms with Gasteiger partial charge in [-0.25, -0.2) is 4.39 Å². The number of benzene rings is 4. The zero-order valence-electron chi connectivity index (χ0n) is 29.9. The van der Waals surface area contributed by atoms with Gasteiger partial charge in [0, 0.05) is 19.0 Å². The van der Waals surface area contributed by atoms with Crippen LogP contribution >= 0.6 is 0 Å². The molecule has 53 heavy (non-hydrogen) atoms. The van der Waals surface area contributed by atoms with E-state index in [-0.39, 0.29) is 43.4 Å². The second-order valence-corrected chi connectivity index (χ2v) is 12.8. The lowest BCUT2D eigenvalue weighted by Crippen LogP contribution is -2.55. The molecular formula is C41H45FN4O7. The normalized spacial score (nSPS) is 17.3.